The van der Waals surface area contributed by atoms with Crippen molar-refractivity contribution in [1.29, 1.82) is 0 Å². The van der Waals surface area contributed by atoms with E-state index in [4.69, 9.17) is 5.73 Å². The van der Waals surface area contributed by atoms with Gasteiger partial charge in [0.1, 0.15) is 0 Å². The van der Waals surface area contributed by atoms with Crippen molar-refractivity contribution < 1.29 is 4.79 Å². The molecular formula is C24H32N6O. The normalized spacial score (nSPS) is 14.9. The van der Waals surface area contributed by atoms with Gasteiger partial charge >= 0.3 is 0 Å². The molecule has 1 aliphatic heterocycles. The van der Waals surface area contributed by atoms with Crippen molar-refractivity contribution in [2.75, 3.05) is 24.5 Å². The van der Waals surface area contributed by atoms with Gasteiger partial charge in [0.05, 0.1) is 5.56 Å². The third kappa shape index (κ3) is 5.05. The monoisotopic (exact) mass is 420 g/mol. The Balaban J connectivity index is 1.28. The fourth-order valence-corrected chi connectivity index (χ4v) is 4.34. The molecule has 0 atom stereocenters. The summed E-state index contributed by atoms with van der Waals surface area (Å²) < 4.78 is 2.40. The highest BCUT2D eigenvalue weighted by molar-refractivity contribution is 5.92. The molecule has 3 aromatic rings. The number of aromatic nitrogens is 3. The number of nitrogens with zero attached hydrogens (tertiary/aromatic N) is 4. The molecule has 1 fully saturated rings. The summed E-state index contributed by atoms with van der Waals surface area (Å²) in [6.07, 6.45) is 9.96. The number of primary amides is 1. The lowest BCUT2D eigenvalue weighted by molar-refractivity contribution is 0.0999. The van der Waals surface area contributed by atoms with E-state index in [1.165, 1.54) is 41.7 Å². The van der Waals surface area contributed by atoms with Crippen molar-refractivity contribution in [3.05, 3.63) is 54.0 Å². The molecule has 31 heavy (non-hydrogen) atoms. The number of benzene rings is 1. The number of hydrogen-bond donors (Lipinski definition) is 2. The van der Waals surface area contributed by atoms with Gasteiger partial charge in [-0.05, 0) is 43.4 Å². The molecule has 1 amide bonds. The Morgan fingerprint density at radius 2 is 1.94 bits per heavy atom. The number of unbranched alkanes of at least 4 members (excludes halogenated alkanes) is 1. The zero-order valence-corrected chi connectivity index (χ0v) is 18.3. The van der Waals surface area contributed by atoms with Gasteiger partial charge in [0, 0.05) is 55.7 Å². The van der Waals surface area contributed by atoms with E-state index >= 15 is 0 Å². The number of fused-ring (bicyclic) bond motifs is 1. The van der Waals surface area contributed by atoms with E-state index in [2.05, 4.69) is 62.1 Å². The molecule has 4 rings (SSSR count). The summed E-state index contributed by atoms with van der Waals surface area (Å²) >= 11 is 0. The summed E-state index contributed by atoms with van der Waals surface area (Å²) in [4.78, 5) is 22.0. The number of amides is 1. The molecule has 3 heterocycles. The lowest BCUT2D eigenvalue weighted by atomic mass is 9.97. The Bertz CT molecular complexity index is 1000. The van der Waals surface area contributed by atoms with Gasteiger partial charge < -0.3 is 20.5 Å². The largest absolute Gasteiger partial charge is 0.366 e. The van der Waals surface area contributed by atoms with E-state index < -0.39 is 5.91 Å². The molecule has 0 unspecified atom stereocenters. The molecule has 0 bridgehead atoms. The predicted molar refractivity (Wildman–Crippen MR) is 124 cm³/mol. The van der Waals surface area contributed by atoms with Gasteiger partial charge in [-0.15, -0.1) is 0 Å². The third-order valence-corrected chi connectivity index (χ3v) is 6.19. The maximum atomic E-state index is 11.2. The van der Waals surface area contributed by atoms with Crippen molar-refractivity contribution in [2.45, 2.75) is 45.7 Å². The number of hydrogen-bond acceptors (Lipinski definition) is 5. The molecule has 2 aromatic heterocycles. The van der Waals surface area contributed by atoms with Crippen LogP contribution in [0.1, 0.15) is 48.5 Å². The van der Waals surface area contributed by atoms with Crippen LogP contribution in [0.5, 0.6) is 0 Å². The van der Waals surface area contributed by atoms with E-state index in [1.807, 2.05) is 0 Å². The van der Waals surface area contributed by atoms with Gasteiger partial charge in [0.2, 0.25) is 5.95 Å². The van der Waals surface area contributed by atoms with Crippen LogP contribution in [0.4, 0.5) is 5.95 Å². The highest BCUT2D eigenvalue weighted by atomic mass is 16.1. The standard InChI is InChI=1S/C24H32N6O/c1-2-3-10-30-17-20(21-6-4-5-7-22(21)30)14-26-13-18-8-11-29(12-9-18)24-27-15-19(16-28-24)23(25)31/h4-7,15-18,26H,2-3,8-14H2,1H3,(H2,25,31). The van der Waals surface area contributed by atoms with Crippen molar-refractivity contribution in [3.63, 3.8) is 0 Å². The van der Waals surface area contributed by atoms with Crippen molar-refractivity contribution in [3.8, 4) is 0 Å². The SMILES string of the molecule is CCCCn1cc(CNCC2CCN(c3ncc(C(N)=O)cn3)CC2)c2ccccc21. The van der Waals surface area contributed by atoms with Crippen LogP contribution in [-0.2, 0) is 13.1 Å². The fourth-order valence-electron chi connectivity index (χ4n) is 4.34. The van der Waals surface area contributed by atoms with Crippen LogP contribution in [-0.4, -0.2) is 40.1 Å². The van der Waals surface area contributed by atoms with E-state index in [0.717, 1.165) is 45.6 Å². The second kappa shape index (κ2) is 9.92. The summed E-state index contributed by atoms with van der Waals surface area (Å²) in [7, 11) is 0. The summed E-state index contributed by atoms with van der Waals surface area (Å²) in [5.41, 5.74) is 8.33. The fraction of sp³-hybridized carbons (Fsp3) is 0.458. The lowest BCUT2D eigenvalue weighted by Gasteiger charge is -2.32. The van der Waals surface area contributed by atoms with Crippen LogP contribution < -0.4 is 16.0 Å². The first-order valence-electron chi connectivity index (χ1n) is 11.3. The minimum Gasteiger partial charge on any atom is -0.366 e. The number of para-hydroxylation sites is 1. The molecule has 0 spiro atoms. The van der Waals surface area contributed by atoms with Gasteiger partial charge in [-0.1, -0.05) is 31.5 Å². The Hall–Kier alpha value is -2.93. The molecule has 1 saturated heterocycles. The van der Waals surface area contributed by atoms with E-state index in [1.54, 1.807) is 0 Å². The summed E-state index contributed by atoms with van der Waals surface area (Å²) in [6.45, 7) is 7.10. The number of nitrogens with one attached hydrogen (secondary N) is 1. The molecule has 7 heteroatoms. The molecule has 0 saturated carbocycles. The Morgan fingerprint density at radius 3 is 2.65 bits per heavy atom. The Kier molecular flexibility index (Phi) is 6.82. The first-order chi connectivity index (χ1) is 15.2. The van der Waals surface area contributed by atoms with Crippen molar-refractivity contribution in [1.82, 2.24) is 19.9 Å². The van der Waals surface area contributed by atoms with Gasteiger partial charge in [-0.3, -0.25) is 4.79 Å². The maximum absolute atomic E-state index is 11.2. The van der Waals surface area contributed by atoms with Crippen LogP contribution in [0.15, 0.2) is 42.9 Å². The van der Waals surface area contributed by atoms with Crippen LogP contribution in [0.25, 0.3) is 10.9 Å². The zero-order chi connectivity index (χ0) is 21.6. The predicted octanol–water partition coefficient (Wildman–Crippen LogP) is 3.34. The van der Waals surface area contributed by atoms with Crippen molar-refractivity contribution >= 4 is 22.8 Å². The first kappa shape index (κ1) is 21.3. The van der Waals surface area contributed by atoms with Gasteiger partial charge in [-0.25, -0.2) is 9.97 Å². The van der Waals surface area contributed by atoms with E-state index in [-0.39, 0.29) is 0 Å². The van der Waals surface area contributed by atoms with Crippen molar-refractivity contribution in [2.24, 2.45) is 11.7 Å². The maximum Gasteiger partial charge on any atom is 0.251 e. The second-order valence-corrected chi connectivity index (χ2v) is 8.42. The minimum absolute atomic E-state index is 0.346. The molecule has 0 aliphatic carbocycles. The summed E-state index contributed by atoms with van der Waals surface area (Å²) in [5.74, 6) is 0.829. The van der Waals surface area contributed by atoms with Crippen LogP contribution in [0.3, 0.4) is 0 Å². The molecule has 1 aliphatic rings. The molecule has 1 aromatic carbocycles. The van der Waals surface area contributed by atoms with Gasteiger partial charge in [0.25, 0.3) is 5.91 Å². The smallest absolute Gasteiger partial charge is 0.251 e. The second-order valence-electron chi connectivity index (χ2n) is 8.42. The Labute approximate surface area is 183 Å². The van der Waals surface area contributed by atoms with Crippen LogP contribution >= 0.6 is 0 Å². The molecule has 164 valence electrons. The number of carbonyl (C=O) groups is 1. The van der Waals surface area contributed by atoms with E-state index in [9.17, 15) is 4.79 Å². The number of aryl methyl sites for hydroxylation is 1. The number of carbonyl (C=O) groups excluding carboxylic acids is 1. The first-order valence-corrected chi connectivity index (χ1v) is 11.3. The number of nitrogens with two attached hydrogens (primary N) is 1. The summed E-state index contributed by atoms with van der Waals surface area (Å²) in [6, 6.07) is 8.71. The highest BCUT2D eigenvalue weighted by Crippen LogP contribution is 2.23. The number of anilines is 1. The number of rotatable bonds is 9. The quantitative estimate of drug-likeness (QED) is 0.554. The Morgan fingerprint density at radius 1 is 1.19 bits per heavy atom. The molecule has 7 nitrogen and oxygen atoms in total. The molecular weight excluding hydrogens is 388 g/mol. The topological polar surface area (TPSA) is 89.1 Å². The summed E-state index contributed by atoms with van der Waals surface area (Å²) in [5, 5.41) is 5.05. The third-order valence-electron chi connectivity index (χ3n) is 6.19. The van der Waals surface area contributed by atoms with Gasteiger partial charge in [0.15, 0.2) is 0 Å². The molecule has 0 radical (unpaired) electrons. The minimum atomic E-state index is -0.496. The highest BCUT2D eigenvalue weighted by Gasteiger charge is 2.21. The average molecular weight is 421 g/mol. The zero-order valence-electron chi connectivity index (χ0n) is 18.3. The van der Waals surface area contributed by atoms with Crippen LogP contribution in [0.2, 0.25) is 0 Å². The van der Waals surface area contributed by atoms with Crippen LogP contribution in [0, 0.1) is 5.92 Å². The number of piperidine rings is 1. The average Bonchev–Trinajstić information content (AvgIpc) is 3.16. The lowest BCUT2D eigenvalue weighted by Crippen LogP contribution is -2.38. The van der Waals surface area contributed by atoms with Gasteiger partial charge in [-0.2, -0.15) is 0 Å². The van der Waals surface area contributed by atoms with E-state index in [0.29, 0.717) is 17.4 Å². The molecule has 3 N–H and O–H groups in total.